The molecule has 2 heterocycles. The zero-order chi connectivity index (χ0) is 15.0. The maximum Gasteiger partial charge on any atom is 0.161 e. The minimum Gasteiger partial charge on any atom is -0.324 e. The zero-order valence-corrected chi connectivity index (χ0v) is 12.0. The number of benzene rings is 1. The quantitative estimate of drug-likeness (QED) is 0.716. The second kappa shape index (κ2) is 5.41. The third kappa shape index (κ3) is 2.49. The van der Waals surface area contributed by atoms with Crippen LogP contribution in [0.5, 0.6) is 0 Å². The molecule has 2 aromatic heterocycles. The van der Waals surface area contributed by atoms with E-state index in [9.17, 15) is 8.78 Å². The Kier molecular flexibility index (Phi) is 3.59. The lowest BCUT2D eigenvalue weighted by Gasteiger charge is -2.07. The van der Waals surface area contributed by atoms with Crippen LogP contribution in [0, 0.1) is 11.6 Å². The molecule has 1 aromatic carbocycles. The molecule has 108 valence electrons. The number of fused-ring (bicyclic) bond motifs is 1. The van der Waals surface area contributed by atoms with Gasteiger partial charge in [0.2, 0.25) is 0 Å². The van der Waals surface area contributed by atoms with E-state index in [1.165, 1.54) is 12.3 Å². The van der Waals surface area contributed by atoms with Crippen LogP contribution in [-0.4, -0.2) is 14.5 Å². The second-order valence-electron chi connectivity index (χ2n) is 4.73. The van der Waals surface area contributed by atoms with E-state index in [0.29, 0.717) is 34.0 Å². The average molecular weight is 308 g/mol. The van der Waals surface area contributed by atoms with E-state index in [1.807, 2.05) is 11.5 Å². The van der Waals surface area contributed by atoms with Crippen LogP contribution < -0.4 is 0 Å². The van der Waals surface area contributed by atoms with Crippen molar-refractivity contribution < 1.29 is 8.78 Å². The number of aryl methyl sites for hydroxylation is 1. The average Bonchev–Trinajstić information content (AvgIpc) is 2.78. The lowest BCUT2D eigenvalue weighted by molar-refractivity contribution is 0.510. The van der Waals surface area contributed by atoms with Gasteiger partial charge < -0.3 is 4.57 Å². The number of nitrogens with zero attached hydrogens (tertiary/aromatic N) is 3. The molecule has 0 bridgehead atoms. The van der Waals surface area contributed by atoms with Crippen LogP contribution in [0.25, 0.3) is 22.4 Å². The fourth-order valence-electron chi connectivity index (χ4n) is 2.32. The van der Waals surface area contributed by atoms with Crippen molar-refractivity contribution in [3.63, 3.8) is 0 Å². The highest BCUT2D eigenvalue weighted by Crippen LogP contribution is 2.27. The zero-order valence-electron chi connectivity index (χ0n) is 11.3. The van der Waals surface area contributed by atoms with Crippen molar-refractivity contribution in [1.82, 2.24) is 14.5 Å². The third-order valence-corrected chi connectivity index (χ3v) is 3.41. The van der Waals surface area contributed by atoms with E-state index in [-0.39, 0.29) is 0 Å². The molecule has 21 heavy (non-hydrogen) atoms. The van der Waals surface area contributed by atoms with Crippen LogP contribution in [0.2, 0.25) is 5.02 Å². The van der Waals surface area contributed by atoms with Gasteiger partial charge in [0.15, 0.2) is 11.6 Å². The topological polar surface area (TPSA) is 30.7 Å². The van der Waals surface area contributed by atoms with E-state index >= 15 is 0 Å². The van der Waals surface area contributed by atoms with Gasteiger partial charge in [-0.05, 0) is 12.5 Å². The molecule has 0 aliphatic carbocycles. The van der Waals surface area contributed by atoms with Crippen molar-refractivity contribution >= 4 is 22.6 Å². The number of rotatable bonds is 3. The molecule has 6 heteroatoms. The molecular formula is C15H12ClF2N3. The summed E-state index contributed by atoms with van der Waals surface area (Å²) in [5.74, 6) is -1.18. The van der Waals surface area contributed by atoms with E-state index in [4.69, 9.17) is 11.6 Å². The Morgan fingerprint density at radius 2 is 1.90 bits per heavy atom. The van der Waals surface area contributed by atoms with Crippen molar-refractivity contribution in [2.45, 2.75) is 19.9 Å². The van der Waals surface area contributed by atoms with Crippen LogP contribution in [0.1, 0.15) is 13.3 Å². The van der Waals surface area contributed by atoms with Gasteiger partial charge in [0, 0.05) is 36.6 Å². The molecule has 0 radical (unpaired) electrons. The smallest absolute Gasteiger partial charge is 0.161 e. The maximum absolute atomic E-state index is 13.5. The van der Waals surface area contributed by atoms with E-state index in [2.05, 4.69) is 9.97 Å². The number of halogens is 3. The minimum atomic E-state index is -0.903. The summed E-state index contributed by atoms with van der Waals surface area (Å²) >= 11 is 5.95. The maximum atomic E-state index is 13.5. The first-order valence-corrected chi connectivity index (χ1v) is 6.94. The van der Waals surface area contributed by atoms with E-state index in [0.717, 1.165) is 12.5 Å². The van der Waals surface area contributed by atoms with Crippen LogP contribution in [0.4, 0.5) is 8.78 Å². The van der Waals surface area contributed by atoms with Crippen LogP contribution >= 0.6 is 11.6 Å². The lowest BCUT2D eigenvalue weighted by atomic mass is 10.2. The van der Waals surface area contributed by atoms with Gasteiger partial charge in [0.1, 0.15) is 5.82 Å². The summed E-state index contributed by atoms with van der Waals surface area (Å²) < 4.78 is 28.7. The highest BCUT2D eigenvalue weighted by molar-refractivity contribution is 6.30. The largest absolute Gasteiger partial charge is 0.324 e. The number of hydrogen-bond acceptors (Lipinski definition) is 2. The molecule has 0 N–H and O–H groups in total. The predicted octanol–water partition coefficient (Wildman–Crippen LogP) is 4.44. The molecule has 0 saturated heterocycles. The highest BCUT2D eigenvalue weighted by atomic mass is 35.5. The predicted molar refractivity (Wildman–Crippen MR) is 78.2 cm³/mol. The van der Waals surface area contributed by atoms with Crippen LogP contribution in [0.15, 0.2) is 30.6 Å². The normalized spacial score (nSPS) is 11.2. The summed E-state index contributed by atoms with van der Waals surface area (Å²) in [4.78, 5) is 8.44. The first kappa shape index (κ1) is 13.9. The summed E-state index contributed by atoms with van der Waals surface area (Å²) in [5, 5.41) is 0.486. The Hall–Kier alpha value is -2.01. The molecule has 0 amide bonds. The number of imidazole rings is 1. The van der Waals surface area contributed by atoms with Crippen molar-refractivity contribution in [2.24, 2.45) is 0 Å². The number of hydrogen-bond donors (Lipinski definition) is 0. The fraction of sp³-hybridized carbons (Fsp3) is 0.200. The highest BCUT2D eigenvalue weighted by Gasteiger charge is 2.15. The summed E-state index contributed by atoms with van der Waals surface area (Å²) in [7, 11) is 0. The SMILES string of the molecule is CCCn1c(-c2cncc(Cl)c2)nc2cc(F)c(F)cc21. The fourth-order valence-corrected chi connectivity index (χ4v) is 2.50. The molecule has 0 unspecified atom stereocenters. The van der Waals surface area contributed by atoms with Crippen LogP contribution in [0.3, 0.4) is 0 Å². The molecular weight excluding hydrogens is 296 g/mol. The van der Waals surface area contributed by atoms with Crippen molar-refractivity contribution in [3.05, 3.63) is 47.2 Å². The summed E-state index contributed by atoms with van der Waals surface area (Å²) in [6.45, 7) is 2.65. The van der Waals surface area contributed by atoms with Gasteiger partial charge in [-0.3, -0.25) is 4.98 Å². The molecule has 3 nitrogen and oxygen atoms in total. The monoisotopic (exact) mass is 307 g/mol. The van der Waals surface area contributed by atoms with E-state index in [1.54, 1.807) is 12.3 Å². The Morgan fingerprint density at radius 3 is 2.62 bits per heavy atom. The summed E-state index contributed by atoms with van der Waals surface area (Å²) in [6, 6.07) is 4.02. The molecule has 0 spiro atoms. The first-order valence-electron chi connectivity index (χ1n) is 6.56. The van der Waals surface area contributed by atoms with Gasteiger partial charge in [-0.2, -0.15) is 0 Å². The van der Waals surface area contributed by atoms with Gasteiger partial charge in [0.05, 0.1) is 16.1 Å². The van der Waals surface area contributed by atoms with Gasteiger partial charge >= 0.3 is 0 Å². The Bertz CT molecular complexity index is 814. The summed E-state index contributed by atoms with van der Waals surface area (Å²) in [5.41, 5.74) is 1.69. The Balaban J connectivity index is 2.28. The molecule has 3 rings (SSSR count). The summed E-state index contributed by atoms with van der Waals surface area (Å²) in [6.07, 6.45) is 3.99. The van der Waals surface area contributed by atoms with E-state index < -0.39 is 11.6 Å². The van der Waals surface area contributed by atoms with Crippen molar-refractivity contribution in [3.8, 4) is 11.4 Å². The molecule has 0 aliphatic rings. The molecule has 0 aliphatic heterocycles. The van der Waals surface area contributed by atoms with Gasteiger partial charge in [-0.25, -0.2) is 13.8 Å². The lowest BCUT2D eigenvalue weighted by Crippen LogP contribution is -2.00. The standard InChI is InChI=1S/C15H12ClF2N3/c1-2-3-21-14-6-12(18)11(17)5-13(14)20-15(21)9-4-10(16)8-19-7-9/h4-8H,2-3H2,1H3. The molecule has 0 fully saturated rings. The Morgan fingerprint density at radius 1 is 1.14 bits per heavy atom. The van der Waals surface area contributed by atoms with Crippen molar-refractivity contribution in [2.75, 3.05) is 0 Å². The molecule has 0 saturated carbocycles. The second-order valence-corrected chi connectivity index (χ2v) is 5.17. The van der Waals surface area contributed by atoms with Gasteiger partial charge in [0.25, 0.3) is 0 Å². The molecule has 0 atom stereocenters. The third-order valence-electron chi connectivity index (χ3n) is 3.20. The van der Waals surface area contributed by atoms with Gasteiger partial charge in [-0.15, -0.1) is 0 Å². The molecule has 3 aromatic rings. The van der Waals surface area contributed by atoms with Crippen molar-refractivity contribution in [1.29, 1.82) is 0 Å². The van der Waals surface area contributed by atoms with Gasteiger partial charge in [-0.1, -0.05) is 18.5 Å². The number of pyridine rings is 1. The Labute approximate surface area is 125 Å². The van der Waals surface area contributed by atoms with Crippen LogP contribution in [-0.2, 0) is 6.54 Å². The number of aromatic nitrogens is 3. The minimum absolute atomic E-state index is 0.414. The first-order chi connectivity index (χ1) is 10.1.